The Labute approximate surface area is 127 Å². The number of nitrogens with one attached hydrogen (secondary N) is 1. The van der Waals surface area contributed by atoms with Crippen LogP contribution in [0.25, 0.3) is 0 Å². The van der Waals surface area contributed by atoms with E-state index in [9.17, 15) is 4.79 Å². The number of carbonyl (C=O) groups excluding carboxylic acids is 1. The lowest BCUT2D eigenvalue weighted by Crippen LogP contribution is -2.41. The van der Waals surface area contributed by atoms with E-state index in [4.69, 9.17) is 4.74 Å². The molecule has 2 rings (SSSR count). The van der Waals surface area contributed by atoms with Crippen LogP contribution in [0.15, 0.2) is 18.2 Å². The zero-order chi connectivity index (χ0) is 15.2. The summed E-state index contributed by atoms with van der Waals surface area (Å²) < 4.78 is 5.84. The number of carbonyl (C=O) groups is 1. The molecule has 0 saturated carbocycles. The van der Waals surface area contributed by atoms with E-state index in [0.29, 0.717) is 6.61 Å². The third-order valence-corrected chi connectivity index (χ3v) is 4.08. The van der Waals surface area contributed by atoms with Gasteiger partial charge in [-0.2, -0.15) is 0 Å². The summed E-state index contributed by atoms with van der Waals surface area (Å²) in [5.41, 5.74) is 2.47. The molecule has 4 heteroatoms. The summed E-state index contributed by atoms with van der Waals surface area (Å²) in [4.78, 5) is 14.0. The van der Waals surface area contributed by atoms with Gasteiger partial charge < -0.3 is 10.1 Å². The van der Waals surface area contributed by atoms with Crippen LogP contribution in [-0.4, -0.2) is 44.1 Å². The number of nitrogens with zero attached hydrogens (tertiary/aromatic N) is 1. The molecule has 0 radical (unpaired) electrons. The van der Waals surface area contributed by atoms with E-state index in [1.165, 1.54) is 11.1 Å². The molecule has 0 spiro atoms. The first kappa shape index (κ1) is 15.8. The van der Waals surface area contributed by atoms with E-state index in [2.05, 4.69) is 42.3 Å². The van der Waals surface area contributed by atoms with E-state index < -0.39 is 0 Å². The Morgan fingerprint density at radius 1 is 1.24 bits per heavy atom. The molecule has 1 fully saturated rings. The Morgan fingerprint density at radius 3 is 2.43 bits per heavy atom. The summed E-state index contributed by atoms with van der Waals surface area (Å²) in [6, 6.07) is 6.30. The highest BCUT2D eigenvalue weighted by atomic mass is 16.5. The molecule has 1 aromatic rings. The van der Waals surface area contributed by atoms with Crippen LogP contribution in [-0.2, 0) is 4.79 Å². The van der Waals surface area contributed by atoms with E-state index in [0.717, 1.165) is 38.2 Å². The number of rotatable bonds is 5. The van der Waals surface area contributed by atoms with Gasteiger partial charge in [0.15, 0.2) is 0 Å². The standard InChI is InChI=1S/C17H26N2O2/c1-13-10-14(2)12-16(11-13)21-9-8-19-6-4-15(5-7-19)17(20)18-3/h10-12,15H,4-9H2,1-3H3,(H,18,20). The molecule has 1 N–H and O–H groups in total. The Balaban J connectivity index is 1.71. The van der Waals surface area contributed by atoms with Gasteiger partial charge in [-0.15, -0.1) is 0 Å². The number of benzene rings is 1. The predicted molar refractivity (Wildman–Crippen MR) is 84.6 cm³/mol. The minimum Gasteiger partial charge on any atom is -0.492 e. The topological polar surface area (TPSA) is 41.6 Å². The van der Waals surface area contributed by atoms with Crippen LogP contribution in [0, 0.1) is 19.8 Å². The van der Waals surface area contributed by atoms with Crippen molar-refractivity contribution in [1.82, 2.24) is 10.2 Å². The fraction of sp³-hybridized carbons (Fsp3) is 0.588. The first-order valence-corrected chi connectivity index (χ1v) is 7.73. The maximum absolute atomic E-state index is 11.6. The van der Waals surface area contributed by atoms with Gasteiger partial charge in [-0.05, 0) is 63.0 Å². The number of piperidine rings is 1. The third-order valence-electron chi connectivity index (χ3n) is 4.08. The van der Waals surface area contributed by atoms with Crippen molar-refractivity contribution in [3.63, 3.8) is 0 Å². The van der Waals surface area contributed by atoms with Gasteiger partial charge in [0, 0.05) is 19.5 Å². The average Bonchev–Trinajstić information content (AvgIpc) is 2.46. The summed E-state index contributed by atoms with van der Waals surface area (Å²) in [6.45, 7) is 7.76. The van der Waals surface area contributed by atoms with Crippen molar-refractivity contribution in [2.75, 3.05) is 33.3 Å². The van der Waals surface area contributed by atoms with Crippen LogP contribution >= 0.6 is 0 Å². The summed E-state index contributed by atoms with van der Waals surface area (Å²) in [6.07, 6.45) is 1.90. The molecule has 1 amide bonds. The van der Waals surface area contributed by atoms with Gasteiger partial charge in [0.05, 0.1) is 0 Å². The monoisotopic (exact) mass is 290 g/mol. The fourth-order valence-electron chi connectivity index (χ4n) is 2.93. The molecule has 1 heterocycles. The van der Waals surface area contributed by atoms with Gasteiger partial charge >= 0.3 is 0 Å². The van der Waals surface area contributed by atoms with E-state index in [-0.39, 0.29) is 11.8 Å². The lowest BCUT2D eigenvalue weighted by atomic mass is 9.96. The summed E-state index contributed by atoms with van der Waals surface area (Å²) in [5.74, 6) is 1.32. The molecule has 1 aromatic carbocycles. The highest BCUT2D eigenvalue weighted by molar-refractivity contribution is 5.78. The number of likely N-dealkylation sites (tertiary alicyclic amines) is 1. The molecule has 0 aliphatic carbocycles. The highest BCUT2D eigenvalue weighted by Gasteiger charge is 2.23. The molecule has 1 aliphatic heterocycles. The van der Waals surface area contributed by atoms with Crippen molar-refractivity contribution in [2.45, 2.75) is 26.7 Å². The first-order chi connectivity index (χ1) is 10.1. The quantitative estimate of drug-likeness (QED) is 0.903. The van der Waals surface area contributed by atoms with Crippen LogP contribution < -0.4 is 10.1 Å². The van der Waals surface area contributed by atoms with Crippen LogP contribution in [0.4, 0.5) is 0 Å². The van der Waals surface area contributed by atoms with Crippen LogP contribution in [0.5, 0.6) is 5.75 Å². The zero-order valence-electron chi connectivity index (χ0n) is 13.3. The second-order valence-electron chi connectivity index (χ2n) is 5.90. The zero-order valence-corrected chi connectivity index (χ0v) is 13.3. The second kappa shape index (κ2) is 7.46. The van der Waals surface area contributed by atoms with Crippen molar-refractivity contribution in [3.8, 4) is 5.75 Å². The van der Waals surface area contributed by atoms with Crippen molar-refractivity contribution in [3.05, 3.63) is 29.3 Å². The lowest BCUT2D eigenvalue weighted by molar-refractivity contribution is -0.125. The molecular weight excluding hydrogens is 264 g/mol. The number of aryl methyl sites for hydroxylation is 2. The molecule has 0 bridgehead atoms. The largest absolute Gasteiger partial charge is 0.492 e. The number of hydrogen-bond donors (Lipinski definition) is 1. The summed E-state index contributed by atoms with van der Waals surface area (Å²) >= 11 is 0. The first-order valence-electron chi connectivity index (χ1n) is 7.73. The van der Waals surface area contributed by atoms with Crippen molar-refractivity contribution in [2.24, 2.45) is 5.92 Å². The molecule has 4 nitrogen and oxygen atoms in total. The fourth-order valence-corrected chi connectivity index (χ4v) is 2.93. The SMILES string of the molecule is CNC(=O)C1CCN(CCOc2cc(C)cc(C)c2)CC1. The Kier molecular flexibility index (Phi) is 5.62. The van der Waals surface area contributed by atoms with Gasteiger partial charge in [-0.1, -0.05) is 6.07 Å². The summed E-state index contributed by atoms with van der Waals surface area (Å²) in [7, 11) is 1.71. The lowest BCUT2D eigenvalue weighted by Gasteiger charge is -2.30. The predicted octanol–water partition coefficient (Wildman–Crippen LogP) is 2.14. The maximum atomic E-state index is 11.6. The molecule has 116 valence electrons. The normalized spacial score (nSPS) is 16.7. The second-order valence-corrected chi connectivity index (χ2v) is 5.90. The molecule has 0 unspecified atom stereocenters. The van der Waals surface area contributed by atoms with Gasteiger partial charge in [0.25, 0.3) is 0 Å². The number of ether oxygens (including phenoxy) is 1. The molecule has 1 aliphatic rings. The Morgan fingerprint density at radius 2 is 1.86 bits per heavy atom. The number of amides is 1. The third kappa shape index (κ3) is 4.74. The van der Waals surface area contributed by atoms with Crippen molar-refractivity contribution < 1.29 is 9.53 Å². The van der Waals surface area contributed by atoms with Crippen molar-refractivity contribution in [1.29, 1.82) is 0 Å². The number of hydrogen-bond acceptors (Lipinski definition) is 3. The van der Waals surface area contributed by atoms with E-state index in [1.807, 2.05) is 0 Å². The van der Waals surface area contributed by atoms with Crippen LogP contribution in [0.3, 0.4) is 0 Å². The molecule has 21 heavy (non-hydrogen) atoms. The van der Waals surface area contributed by atoms with Crippen LogP contribution in [0.1, 0.15) is 24.0 Å². The molecule has 1 saturated heterocycles. The Hall–Kier alpha value is -1.55. The molecular formula is C17H26N2O2. The highest BCUT2D eigenvalue weighted by Crippen LogP contribution is 2.18. The minimum absolute atomic E-state index is 0.182. The minimum atomic E-state index is 0.182. The van der Waals surface area contributed by atoms with E-state index >= 15 is 0 Å². The van der Waals surface area contributed by atoms with Gasteiger partial charge in [0.1, 0.15) is 12.4 Å². The molecule has 0 aromatic heterocycles. The maximum Gasteiger partial charge on any atom is 0.222 e. The van der Waals surface area contributed by atoms with Gasteiger partial charge in [-0.3, -0.25) is 9.69 Å². The van der Waals surface area contributed by atoms with E-state index in [1.54, 1.807) is 7.05 Å². The van der Waals surface area contributed by atoms with Crippen molar-refractivity contribution >= 4 is 5.91 Å². The van der Waals surface area contributed by atoms with Gasteiger partial charge in [0.2, 0.25) is 5.91 Å². The Bertz CT molecular complexity index is 459. The van der Waals surface area contributed by atoms with Gasteiger partial charge in [-0.25, -0.2) is 0 Å². The van der Waals surface area contributed by atoms with Crippen LogP contribution in [0.2, 0.25) is 0 Å². The molecule has 0 atom stereocenters. The smallest absolute Gasteiger partial charge is 0.222 e. The average molecular weight is 290 g/mol. The summed E-state index contributed by atoms with van der Waals surface area (Å²) in [5, 5.41) is 2.74.